The minimum atomic E-state index is -1.52. The molecule has 0 heterocycles. The Bertz CT molecular complexity index is 789. The molecule has 0 aliphatic rings. The molecule has 1 N–H and O–H groups in total. The van der Waals surface area contributed by atoms with E-state index in [1.807, 2.05) is 30.3 Å². The zero-order valence-corrected chi connectivity index (χ0v) is 14.9. The van der Waals surface area contributed by atoms with Gasteiger partial charge in [0.1, 0.15) is 18.1 Å². The molecule has 0 aromatic heterocycles. The van der Waals surface area contributed by atoms with Gasteiger partial charge in [-0.15, -0.1) is 0 Å². The highest BCUT2D eigenvalue weighted by Crippen LogP contribution is 2.30. The van der Waals surface area contributed by atoms with Gasteiger partial charge in [-0.05, 0) is 29.8 Å². The van der Waals surface area contributed by atoms with E-state index in [0.717, 1.165) is 17.1 Å². The molecule has 0 atom stereocenters. The number of carbonyl (C=O) groups excluding carboxylic acids is 2. The number of ether oxygens (including phenoxy) is 2. The largest absolute Gasteiger partial charge is 0.545 e. The van der Waals surface area contributed by atoms with Gasteiger partial charge in [-0.1, -0.05) is 46.3 Å². The molecular weight excluding hydrogens is 390 g/mol. The van der Waals surface area contributed by atoms with Crippen LogP contribution < -0.4 is 15.2 Å². The summed E-state index contributed by atoms with van der Waals surface area (Å²) < 4.78 is 11.1. The van der Waals surface area contributed by atoms with Gasteiger partial charge in [-0.25, -0.2) is 4.79 Å². The van der Waals surface area contributed by atoms with Crippen molar-refractivity contribution in [1.82, 2.24) is 0 Å². The van der Waals surface area contributed by atoms with Crippen LogP contribution in [-0.2, 0) is 20.9 Å². The second kappa shape index (κ2) is 8.89. The van der Waals surface area contributed by atoms with E-state index in [9.17, 15) is 14.7 Å². The van der Waals surface area contributed by atoms with Crippen LogP contribution in [0, 0.1) is 0 Å². The molecule has 2 rings (SSSR count). The predicted molar refractivity (Wildman–Crippen MR) is 93.6 cm³/mol. The SMILES string of the molecule is COC(=O)C(=CC(=O)[O-])Nc1ccc(Br)cc1OCc1ccccc1. The van der Waals surface area contributed by atoms with Crippen LogP contribution in [0.3, 0.4) is 0 Å². The van der Waals surface area contributed by atoms with Crippen molar-refractivity contribution in [2.45, 2.75) is 6.61 Å². The highest BCUT2D eigenvalue weighted by Gasteiger charge is 2.13. The van der Waals surface area contributed by atoms with Crippen LogP contribution in [0.1, 0.15) is 5.56 Å². The van der Waals surface area contributed by atoms with Gasteiger partial charge in [0.05, 0.1) is 18.8 Å². The van der Waals surface area contributed by atoms with E-state index in [2.05, 4.69) is 26.0 Å². The summed E-state index contributed by atoms with van der Waals surface area (Å²) in [6, 6.07) is 14.6. The van der Waals surface area contributed by atoms with Crippen LogP contribution in [0.15, 0.2) is 64.8 Å². The number of hydrogen-bond acceptors (Lipinski definition) is 6. The molecule has 0 radical (unpaired) electrons. The van der Waals surface area contributed by atoms with Crippen LogP contribution >= 0.6 is 15.9 Å². The van der Waals surface area contributed by atoms with E-state index in [0.29, 0.717) is 24.1 Å². The summed E-state index contributed by atoms with van der Waals surface area (Å²) in [6.45, 7) is 0.309. The molecule has 7 heteroatoms. The number of halogens is 1. The van der Waals surface area contributed by atoms with Gasteiger partial charge in [0.2, 0.25) is 0 Å². The minimum absolute atomic E-state index is 0.269. The Balaban J connectivity index is 2.25. The fourth-order valence-electron chi connectivity index (χ4n) is 1.97. The highest BCUT2D eigenvalue weighted by molar-refractivity contribution is 9.10. The predicted octanol–water partition coefficient (Wildman–Crippen LogP) is 2.25. The maximum atomic E-state index is 11.7. The number of methoxy groups -OCH3 is 1. The molecule has 0 saturated heterocycles. The number of esters is 1. The molecule has 0 fully saturated rings. The van der Waals surface area contributed by atoms with Crippen molar-refractivity contribution < 1.29 is 24.2 Å². The number of benzene rings is 2. The van der Waals surface area contributed by atoms with Crippen LogP contribution in [0.25, 0.3) is 0 Å². The van der Waals surface area contributed by atoms with Crippen molar-refractivity contribution in [3.8, 4) is 5.75 Å². The molecule has 0 aliphatic heterocycles. The molecule has 0 unspecified atom stereocenters. The Morgan fingerprint density at radius 3 is 2.56 bits per heavy atom. The first-order chi connectivity index (χ1) is 12.0. The second-order valence-electron chi connectivity index (χ2n) is 4.91. The lowest BCUT2D eigenvalue weighted by atomic mass is 10.2. The highest BCUT2D eigenvalue weighted by atomic mass is 79.9. The van der Waals surface area contributed by atoms with E-state index >= 15 is 0 Å². The third-order valence-corrected chi connectivity index (χ3v) is 3.61. The lowest BCUT2D eigenvalue weighted by Gasteiger charge is -2.15. The molecule has 130 valence electrons. The number of carboxylic acids is 1. The van der Waals surface area contributed by atoms with Crippen LogP contribution in [0.4, 0.5) is 5.69 Å². The summed E-state index contributed by atoms with van der Waals surface area (Å²) >= 11 is 3.35. The molecular formula is C18H15BrNO5-. The molecule has 0 saturated carbocycles. The first-order valence-electron chi connectivity index (χ1n) is 7.24. The molecule has 0 spiro atoms. The van der Waals surface area contributed by atoms with Gasteiger partial charge in [0.25, 0.3) is 0 Å². The maximum absolute atomic E-state index is 11.7. The van der Waals surface area contributed by atoms with Gasteiger partial charge in [0.15, 0.2) is 0 Å². The first-order valence-corrected chi connectivity index (χ1v) is 8.03. The number of hydrogen-bond donors (Lipinski definition) is 1. The van der Waals surface area contributed by atoms with Gasteiger partial charge >= 0.3 is 5.97 Å². The number of aliphatic carboxylic acids is 1. The zero-order valence-electron chi connectivity index (χ0n) is 13.3. The van der Waals surface area contributed by atoms with Crippen molar-refractivity contribution in [1.29, 1.82) is 0 Å². The number of carbonyl (C=O) groups is 2. The number of carboxylic acid groups (broad SMARTS) is 1. The van der Waals surface area contributed by atoms with Gasteiger partial charge in [0, 0.05) is 4.47 Å². The Kier molecular flexibility index (Phi) is 6.59. The molecule has 0 aliphatic carbocycles. The van der Waals surface area contributed by atoms with E-state index in [1.165, 1.54) is 0 Å². The Morgan fingerprint density at radius 1 is 1.20 bits per heavy atom. The fraction of sp³-hybridized carbons (Fsp3) is 0.111. The maximum Gasteiger partial charge on any atom is 0.354 e. The summed E-state index contributed by atoms with van der Waals surface area (Å²) in [7, 11) is 1.15. The Hall–Kier alpha value is -2.80. The van der Waals surface area contributed by atoms with Gasteiger partial charge in [-0.3, -0.25) is 0 Å². The van der Waals surface area contributed by atoms with Crippen LogP contribution in [0.5, 0.6) is 5.75 Å². The van der Waals surface area contributed by atoms with E-state index in [1.54, 1.807) is 18.2 Å². The summed E-state index contributed by atoms with van der Waals surface area (Å²) in [5.74, 6) is -1.91. The van der Waals surface area contributed by atoms with Crippen molar-refractivity contribution in [2.75, 3.05) is 12.4 Å². The number of rotatable bonds is 7. The zero-order chi connectivity index (χ0) is 18.2. The van der Waals surface area contributed by atoms with Crippen LogP contribution in [-0.4, -0.2) is 19.0 Å². The smallest absolute Gasteiger partial charge is 0.354 e. The summed E-state index contributed by atoms with van der Waals surface area (Å²) in [4.78, 5) is 22.5. The first kappa shape index (κ1) is 18.5. The Labute approximate surface area is 153 Å². The van der Waals surface area contributed by atoms with Crippen LogP contribution in [0.2, 0.25) is 0 Å². The minimum Gasteiger partial charge on any atom is -0.545 e. The third kappa shape index (κ3) is 5.65. The lowest BCUT2D eigenvalue weighted by Crippen LogP contribution is -2.23. The molecule has 0 amide bonds. The average Bonchev–Trinajstić information content (AvgIpc) is 2.61. The number of anilines is 1. The lowest BCUT2D eigenvalue weighted by molar-refractivity contribution is -0.297. The van der Waals surface area contributed by atoms with Crippen molar-refractivity contribution in [3.05, 3.63) is 70.3 Å². The molecule has 2 aromatic carbocycles. The molecule has 2 aromatic rings. The summed E-state index contributed by atoms with van der Waals surface area (Å²) in [6.07, 6.45) is 0.634. The third-order valence-electron chi connectivity index (χ3n) is 3.12. The number of nitrogens with one attached hydrogen (secondary N) is 1. The van der Waals surface area contributed by atoms with Gasteiger partial charge in [-0.2, -0.15) is 0 Å². The van der Waals surface area contributed by atoms with E-state index in [-0.39, 0.29) is 5.70 Å². The standard InChI is InChI=1S/C18H16BrNO5/c1-24-18(23)15(10-17(21)22)20-14-8-7-13(19)9-16(14)25-11-12-5-3-2-4-6-12/h2-10,20H,11H2,1H3,(H,21,22)/p-1. The van der Waals surface area contributed by atoms with Crippen molar-refractivity contribution in [2.24, 2.45) is 0 Å². The molecule has 25 heavy (non-hydrogen) atoms. The summed E-state index contributed by atoms with van der Waals surface area (Å²) in [5, 5.41) is 13.5. The Morgan fingerprint density at radius 2 is 1.92 bits per heavy atom. The topological polar surface area (TPSA) is 87.7 Å². The second-order valence-corrected chi connectivity index (χ2v) is 5.82. The average molecular weight is 405 g/mol. The quantitative estimate of drug-likeness (QED) is 0.562. The normalized spacial score (nSPS) is 10.9. The molecule has 0 bridgehead atoms. The van der Waals surface area contributed by atoms with Crippen molar-refractivity contribution in [3.63, 3.8) is 0 Å². The summed E-state index contributed by atoms with van der Waals surface area (Å²) in [5.41, 5.74) is 1.11. The monoisotopic (exact) mass is 404 g/mol. The molecule has 6 nitrogen and oxygen atoms in total. The van der Waals surface area contributed by atoms with E-state index < -0.39 is 11.9 Å². The van der Waals surface area contributed by atoms with Crippen molar-refractivity contribution >= 4 is 33.6 Å². The van der Waals surface area contributed by atoms with Gasteiger partial charge < -0.3 is 24.7 Å². The fourth-order valence-corrected chi connectivity index (χ4v) is 2.31. The van der Waals surface area contributed by atoms with E-state index in [4.69, 9.17) is 4.74 Å².